The highest BCUT2D eigenvalue weighted by atomic mass is 19.3. The van der Waals surface area contributed by atoms with Gasteiger partial charge in [-0.05, 0) is 68.7 Å². The number of carbonyl (C=O) groups excluding carboxylic acids is 1. The number of halogens is 2. The first-order valence-electron chi connectivity index (χ1n) is 10.7. The third-order valence-electron chi connectivity index (χ3n) is 4.40. The lowest BCUT2D eigenvalue weighted by Crippen LogP contribution is -2.21. The molecule has 1 aromatic carbocycles. The zero-order chi connectivity index (χ0) is 25.2. The molecule has 180 valence electrons. The molecule has 0 spiro atoms. The van der Waals surface area contributed by atoms with E-state index in [2.05, 4.69) is 21.6 Å². The van der Waals surface area contributed by atoms with Crippen molar-refractivity contribution in [3.05, 3.63) is 60.3 Å². The van der Waals surface area contributed by atoms with Gasteiger partial charge in [0.2, 0.25) is 0 Å². The second-order valence-corrected chi connectivity index (χ2v) is 7.95. The molecule has 0 aliphatic heterocycles. The van der Waals surface area contributed by atoms with Crippen molar-refractivity contribution in [2.45, 2.75) is 65.6 Å². The third kappa shape index (κ3) is 9.49. The average molecular weight is 462 g/mol. The smallest absolute Gasteiger partial charge is 0.394 e. The number of anilines is 2. The molecule has 1 heterocycles. The maximum atomic E-state index is 12.9. The summed E-state index contributed by atoms with van der Waals surface area (Å²) in [6.45, 7) is 11.1. The van der Waals surface area contributed by atoms with Crippen molar-refractivity contribution in [2.24, 2.45) is 0 Å². The van der Waals surface area contributed by atoms with Gasteiger partial charge < -0.3 is 20.6 Å². The SMILES string of the molecule is C=CC(=O)CCC.CCC(=N)c1c(C(C)(C)O)ccnc1Nc1ccc(OC(C)(F)F)cc1. The minimum atomic E-state index is -3.25. The number of ketones is 1. The Kier molecular flexibility index (Phi) is 10.3. The summed E-state index contributed by atoms with van der Waals surface area (Å²) in [5, 5.41) is 21.7. The molecule has 0 atom stereocenters. The van der Waals surface area contributed by atoms with E-state index in [1.54, 1.807) is 38.2 Å². The van der Waals surface area contributed by atoms with E-state index in [-0.39, 0.29) is 11.5 Å². The number of alkyl halides is 2. The van der Waals surface area contributed by atoms with E-state index in [1.807, 2.05) is 13.8 Å². The highest BCUT2D eigenvalue weighted by Gasteiger charge is 2.25. The van der Waals surface area contributed by atoms with Crippen LogP contribution in [-0.2, 0) is 10.4 Å². The fraction of sp³-hybridized carbons (Fsp3) is 0.400. The van der Waals surface area contributed by atoms with Crippen LogP contribution in [0.2, 0.25) is 0 Å². The van der Waals surface area contributed by atoms with Gasteiger partial charge in [0.05, 0.1) is 5.60 Å². The predicted octanol–water partition coefficient (Wildman–Crippen LogP) is 6.36. The molecule has 8 heteroatoms. The number of aromatic nitrogens is 1. The molecule has 3 N–H and O–H groups in total. The molecule has 0 aliphatic carbocycles. The van der Waals surface area contributed by atoms with Crippen molar-refractivity contribution in [3.8, 4) is 5.75 Å². The molecule has 0 saturated heterocycles. The molecule has 2 aromatic rings. The quantitative estimate of drug-likeness (QED) is 0.282. The minimum Gasteiger partial charge on any atom is -0.433 e. The summed E-state index contributed by atoms with van der Waals surface area (Å²) in [5.41, 5.74) is 0.918. The van der Waals surface area contributed by atoms with Crippen LogP contribution in [0.5, 0.6) is 5.75 Å². The molecule has 0 fully saturated rings. The lowest BCUT2D eigenvalue weighted by atomic mass is 9.91. The first-order chi connectivity index (χ1) is 15.3. The Morgan fingerprint density at radius 2 is 1.82 bits per heavy atom. The van der Waals surface area contributed by atoms with E-state index in [9.17, 15) is 18.7 Å². The molecule has 2 rings (SSSR count). The van der Waals surface area contributed by atoms with Crippen LogP contribution in [0.4, 0.5) is 20.3 Å². The van der Waals surface area contributed by atoms with Crippen molar-refractivity contribution < 1.29 is 23.4 Å². The Bertz CT molecular complexity index is 947. The number of allylic oxidation sites excluding steroid dienone is 1. The van der Waals surface area contributed by atoms with Gasteiger partial charge in [0, 0.05) is 36.5 Å². The number of rotatable bonds is 10. The van der Waals surface area contributed by atoms with Gasteiger partial charge in [-0.25, -0.2) is 4.98 Å². The monoisotopic (exact) mass is 461 g/mol. The van der Waals surface area contributed by atoms with Crippen molar-refractivity contribution in [1.82, 2.24) is 4.98 Å². The lowest BCUT2D eigenvalue weighted by molar-refractivity contribution is -0.158. The second-order valence-electron chi connectivity index (χ2n) is 7.95. The molecule has 0 unspecified atom stereocenters. The largest absolute Gasteiger partial charge is 0.433 e. The fourth-order valence-corrected chi connectivity index (χ4v) is 2.85. The van der Waals surface area contributed by atoms with Crippen LogP contribution in [0.1, 0.15) is 65.0 Å². The van der Waals surface area contributed by atoms with Crippen molar-refractivity contribution in [2.75, 3.05) is 5.32 Å². The molecular formula is C25H33F2N3O3. The number of nitrogens with one attached hydrogen (secondary N) is 2. The Morgan fingerprint density at radius 3 is 2.24 bits per heavy atom. The molecule has 1 aromatic heterocycles. The van der Waals surface area contributed by atoms with Crippen molar-refractivity contribution in [3.63, 3.8) is 0 Å². The maximum Gasteiger partial charge on any atom is 0.394 e. The number of hydrogen-bond acceptors (Lipinski definition) is 6. The first kappa shape index (κ1) is 27.9. The molecular weight excluding hydrogens is 428 g/mol. The Morgan fingerprint density at radius 1 is 1.21 bits per heavy atom. The van der Waals surface area contributed by atoms with Crippen LogP contribution < -0.4 is 10.1 Å². The van der Waals surface area contributed by atoms with Crippen molar-refractivity contribution >= 4 is 23.0 Å². The maximum absolute atomic E-state index is 12.9. The highest BCUT2D eigenvalue weighted by molar-refractivity contribution is 6.04. The van der Waals surface area contributed by atoms with Crippen molar-refractivity contribution in [1.29, 1.82) is 5.41 Å². The summed E-state index contributed by atoms with van der Waals surface area (Å²) in [6.07, 6.45) is 1.71. The minimum absolute atomic E-state index is 0.0442. The van der Waals surface area contributed by atoms with Gasteiger partial charge in [0.25, 0.3) is 0 Å². The van der Waals surface area contributed by atoms with E-state index in [4.69, 9.17) is 5.41 Å². The van der Waals surface area contributed by atoms with Crippen LogP contribution >= 0.6 is 0 Å². The number of carbonyl (C=O) groups is 1. The van der Waals surface area contributed by atoms with Gasteiger partial charge in [0.1, 0.15) is 11.6 Å². The molecule has 33 heavy (non-hydrogen) atoms. The van der Waals surface area contributed by atoms with Gasteiger partial charge in [-0.1, -0.05) is 20.4 Å². The Hall–Kier alpha value is -3.13. The standard InChI is InChI=1S/C19H23F2N3O2.C6H10O/c1-5-15(22)16-14(18(2,3)25)10-11-23-17(16)24-12-6-8-13(9-7-12)26-19(4,20)21;1-3-5-6(7)4-2/h6-11,22,25H,5H2,1-4H3,(H,23,24);4H,2-3,5H2,1H3. The zero-order valence-corrected chi connectivity index (χ0v) is 19.8. The van der Waals surface area contributed by atoms with E-state index in [0.29, 0.717) is 48.1 Å². The lowest BCUT2D eigenvalue weighted by Gasteiger charge is -2.24. The number of aliphatic hydroxyl groups is 1. The number of pyridine rings is 1. The molecule has 6 nitrogen and oxygen atoms in total. The Labute approximate surface area is 194 Å². The van der Waals surface area contributed by atoms with Crippen LogP contribution in [0.3, 0.4) is 0 Å². The van der Waals surface area contributed by atoms with Crippen LogP contribution in [0, 0.1) is 5.41 Å². The average Bonchev–Trinajstić information content (AvgIpc) is 2.73. The molecule has 0 bridgehead atoms. The van der Waals surface area contributed by atoms with Gasteiger partial charge >= 0.3 is 6.11 Å². The van der Waals surface area contributed by atoms with E-state index < -0.39 is 11.7 Å². The number of hydrogen-bond donors (Lipinski definition) is 3. The number of ether oxygens (including phenoxy) is 1. The summed E-state index contributed by atoms with van der Waals surface area (Å²) in [4.78, 5) is 14.6. The van der Waals surface area contributed by atoms with Gasteiger partial charge in [-0.3, -0.25) is 4.79 Å². The van der Waals surface area contributed by atoms with Gasteiger partial charge in [0.15, 0.2) is 5.78 Å². The summed E-state index contributed by atoms with van der Waals surface area (Å²) in [5.74, 6) is 0.608. The summed E-state index contributed by atoms with van der Waals surface area (Å²) in [7, 11) is 0. The molecule has 0 saturated carbocycles. The zero-order valence-electron chi connectivity index (χ0n) is 19.8. The van der Waals surface area contributed by atoms with Gasteiger partial charge in [-0.2, -0.15) is 8.78 Å². The number of nitrogens with zero attached hydrogens (tertiary/aromatic N) is 1. The summed E-state index contributed by atoms with van der Waals surface area (Å²) < 4.78 is 30.3. The van der Waals surface area contributed by atoms with E-state index >= 15 is 0 Å². The summed E-state index contributed by atoms with van der Waals surface area (Å²) >= 11 is 0. The highest BCUT2D eigenvalue weighted by Crippen LogP contribution is 2.31. The van der Waals surface area contributed by atoms with E-state index in [0.717, 1.165) is 6.42 Å². The third-order valence-corrected chi connectivity index (χ3v) is 4.40. The van der Waals surface area contributed by atoms with Crippen LogP contribution in [0.15, 0.2) is 49.2 Å². The Balaban J connectivity index is 0.000000675. The normalized spacial score (nSPS) is 11.2. The van der Waals surface area contributed by atoms with Gasteiger partial charge in [-0.15, -0.1) is 0 Å². The number of benzene rings is 1. The summed E-state index contributed by atoms with van der Waals surface area (Å²) in [6, 6.07) is 7.69. The van der Waals surface area contributed by atoms with E-state index in [1.165, 1.54) is 18.2 Å². The van der Waals surface area contributed by atoms with Crippen LogP contribution in [-0.4, -0.2) is 27.7 Å². The molecule has 0 radical (unpaired) electrons. The fourth-order valence-electron chi connectivity index (χ4n) is 2.85. The molecule has 0 aliphatic rings. The van der Waals surface area contributed by atoms with Crippen LogP contribution in [0.25, 0.3) is 0 Å². The predicted molar refractivity (Wildman–Crippen MR) is 128 cm³/mol. The molecule has 0 amide bonds. The second kappa shape index (κ2) is 12.2. The first-order valence-corrected chi connectivity index (χ1v) is 10.7. The topological polar surface area (TPSA) is 95.3 Å².